The smallest absolute Gasteiger partial charge is 0.240 e. The van der Waals surface area contributed by atoms with Gasteiger partial charge >= 0.3 is 0 Å². The predicted molar refractivity (Wildman–Crippen MR) is 52.9 cm³/mol. The van der Waals surface area contributed by atoms with Gasteiger partial charge in [0.2, 0.25) is 6.29 Å². The highest BCUT2D eigenvalue weighted by Crippen LogP contribution is 2.08. The van der Waals surface area contributed by atoms with Crippen LogP contribution in [0, 0.1) is 0 Å². The summed E-state index contributed by atoms with van der Waals surface area (Å²) in [5.41, 5.74) is 0.0891. The zero-order chi connectivity index (χ0) is 10.6. The second kappa shape index (κ2) is 9.87. The van der Waals surface area contributed by atoms with Crippen molar-refractivity contribution in [2.45, 2.75) is 44.9 Å². The largest absolute Gasteiger partial charge is 0.291 e. The third kappa shape index (κ3) is 7.44. The molecule has 0 unspecified atom stereocenters. The van der Waals surface area contributed by atoms with Crippen molar-refractivity contribution in [2.24, 2.45) is 0 Å². The molecule has 0 atom stereocenters. The number of hydrogen-bond acceptors (Lipinski definition) is 3. The molecule has 0 saturated heterocycles. The fourth-order valence-electron chi connectivity index (χ4n) is 1.15. The average Bonchev–Trinajstić information content (AvgIpc) is 2.22. The van der Waals surface area contributed by atoms with Crippen molar-refractivity contribution in [1.29, 1.82) is 0 Å². The van der Waals surface area contributed by atoms with E-state index in [0.717, 1.165) is 32.1 Å². The average molecular weight is 194 g/mol. The van der Waals surface area contributed by atoms with Crippen molar-refractivity contribution in [3.05, 3.63) is 5.57 Å². The first-order chi connectivity index (χ1) is 6.85. The van der Waals surface area contributed by atoms with Crippen LogP contribution < -0.4 is 0 Å². The maximum absolute atomic E-state index is 10.1. The summed E-state index contributed by atoms with van der Waals surface area (Å²) < 4.78 is 0. The third-order valence-corrected chi connectivity index (χ3v) is 1.95. The van der Waals surface area contributed by atoms with Crippen LogP contribution in [0.1, 0.15) is 44.9 Å². The first-order valence-electron chi connectivity index (χ1n) is 4.82. The van der Waals surface area contributed by atoms with Crippen molar-refractivity contribution >= 4 is 18.5 Å². The molecule has 0 aliphatic heterocycles. The van der Waals surface area contributed by atoms with Crippen LogP contribution >= 0.6 is 0 Å². The van der Waals surface area contributed by atoms with E-state index in [1.807, 2.05) is 6.29 Å². The van der Waals surface area contributed by atoms with Gasteiger partial charge in [0.1, 0.15) is 5.94 Å². The Labute approximate surface area is 84.2 Å². The van der Waals surface area contributed by atoms with Crippen LogP contribution in [0.2, 0.25) is 0 Å². The maximum atomic E-state index is 10.1. The highest BCUT2D eigenvalue weighted by molar-refractivity contribution is 5.85. The van der Waals surface area contributed by atoms with E-state index in [1.54, 1.807) is 12.2 Å². The molecule has 0 amide bonds. The van der Waals surface area contributed by atoms with Crippen molar-refractivity contribution in [3.63, 3.8) is 0 Å². The summed E-state index contributed by atoms with van der Waals surface area (Å²) in [6.07, 6.45) is 9.03. The number of unbranched alkanes of at least 4 members (excludes halogenated alkanes) is 5. The first-order valence-corrected chi connectivity index (χ1v) is 4.82. The van der Waals surface area contributed by atoms with Crippen LogP contribution in [0.25, 0.3) is 0 Å². The van der Waals surface area contributed by atoms with Crippen LogP contribution in [0.4, 0.5) is 0 Å². The number of allylic oxidation sites excluding steroid dienone is 1. The Hall–Kier alpha value is -1.21. The summed E-state index contributed by atoms with van der Waals surface area (Å²) in [5.74, 6) is 1.55. The molecule has 0 heterocycles. The summed E-state index contributed by atoms with van der Waals surface area (Å²) in [6, 6.07) is 0. The van der Waals surface area contributed by atoms with Crippen LogP contribution in [-0.4, -0.2) is 18.5 Å². The minimum atomic E-state index is 0.0891. The van der Waals surface area contributed by atoms with Crippen molar-refractivity contribution in [2.75, 3.05) is 0 Å². The van der Waals surface area contributed by atoms with Gasteiger partial charge in [0.05, 0.1) is 5.57 Å². The van der Waals surface area contributed by atoms with E-state index in [1.165, 1.54) is 0 Å². The molecule has 0 aromatic heterocycles. The standard InChI is InChI=1S/C11H14O3/c12-8-6-4-2-1-3-5-7-11(9-13)10-14/h1-7H2. The zero-order valence-corrected chi connectivity index (χ0v) is 8.17. The lowest BCUT2D eigenvalue weighted by atomic mass is 10.1. The number of rotatable bonds is 9. The van der Waals surface area contributed by atoms with Crippen LogP contribution in [-0.2, 0) is 14.4 Å². The Kier molecular flexibility index (Phi) is 9.02. The van der Waals surface area contributed by atoms with E-state index in [2.05, 4.69) is 0 Å². The lowest BCUT2D eigenvalue weighted by Gasteiger charge is -1.97. The predicted octanol–water partition coefficient (Wildman–Crippen LogP) is 1.69. The molecule has 0 spiro atoms. The van der Waals surface area contributed by atoms with Gasteiger partial charge < -0.3 is 0 Å². The molecule has 0 N–H and O–H groups in total. The zero-order valence-electron chi connectivity index (χ0n) is 8.17. The maximum Gasteiger partial charge on any atom is 0.240 e. The van der Waals surface area contributed by atoms with Crippen molar-refractivity contribution < 1.29 is 14.4 Å². The van der Waals surface area contributed by atoms with Gasteiger partial charge in [0.25, 0.3) is 0 Å². The first kappa shape index (κ1) is 12.8. The van der Waals surface area contributed by atoms with E-state index < -0.39 is 0 Å². The Morgan fingerprint density at radius 2 is 1.50 bits per heavy atom. The van der Waals surface area contributed by atoms with Crippen molar-refractivity contribution in [1.82, 2.24) is 0 Å². The van der Waals surface area contributed by atoms with Gasteiger partial charge in [-0.15, -0.1) is 0 Å². The Morgan fingerprint density at radius 1 is 0.857 bits per heavy atom. The molecule has 0 aromatic rings. The van der Waals surface area contributed by atoms with E-state index in [4.69, 9.17) is 0 Å². The molecule has 0 bridgehead atoms. The van der Waals surface area contributed by atoms with Crippen LogP contribution in [0.15, 0.2) is 5.57 Å². The topological polar surface area (TPSA) is 51.2 Å². The molecule has 3 nitrogen and oxygen atoms in total. The van der Waals surface area contributed by atoms with E-state index in [0.29, 0.717) is 12.8 Å². The lowest BCUT2D eigenvalue weighted by molar-refractivity contribution is 0.540. The molecule has 2 radical (unpaired) electrons. The monoisotopic (exact) mass is 194 g/mol. The van der Waals surface area contributed by atoms with Crippen LogP contribution in [0.5, 0.6) is 0 Å². The summed E-state index contributed by atoms with van der Waals surface area (Å²) in [6.45, 7) is 0. The van der Waals surface area contributed by atoms with Gasteiger partial charge in [-0.1, -0.05) is 19.3 Å². The third-order valence-electron chi connectivity index (χ3n) is 1.95. The van der Waals surface area contributed by atoms with Crippen LogP contribution in [0.3, 0.4) is 0 Å². The Balaban J connectivity index is 3.25. The van der Waals surface area contributed by atoms with Gasteiger partial charge in [-0.25, -0.2) is 4.79 Å². The molecule has 0 fully saturated rings. The highest BCUT2D eigenvalue weighted by Gasteiger charge is 1.97. The summed E-state index contributed by atoms with van der Waals surface area (Å²) in [5, 5.41) is 0. The van der Waals surface area contributed by atoms with E-state index in [-0.39, 0.29) is 5.57 Å². The fourth-order valence-corrected chi connectivity index (χ4v) is 1.15. The molecule has 0 aromatic carbocycles. The van der Waals surface area contributed by atoms with E-state index in [9.17, 15) is 14.4 Å². The number of carbonyl (C=O) groups excluding carboxylic acids is 3. The molecular weight excluding hydrogens is 180 g/mol. The van der Waals surface area contributed by atoms with Crippen molar-refractivity contribution in [3.8, 4) is 0 Å². The number of hydrogen-bond donors (Lipinski definition) is 0. The van der Waals surface area contributed by atoms with Gasteiger partial charge in [-0.3, -0.25) is 9.59 Å². The molecule has 14 heavy (non-hydrogen) atoms. The fraction of sp³-hybridized carbons (Fsp3) is 0.636. The highest BCUT2D eigenvalue weighted by atomic mass is 16.1. The minimum Gasteiger partial charge on any atom is -0.291 e. The Bertz CT molecular complexity index is 215. The van der Waals surface area contributed by atoms with E-state index >= 15 is 0 Å². The Morgan fingerprint density at radius 3 is 2.07 bits per heavy atom. The normalized spacial score (nSPS) is 9.14. The lowest BCUT2D eigenvalue weighted by Crippen LogP contribution is -1.87. The molecule has 0 saturated carbocycles. The summed E-state index contributed by atoms with van der Waals surface area (Å²) in [7, 11) is 0. The second-order valence-electron chi connectivity index (χ2n) is 3.09. The molecule has 76 valence electrons. The van der Waals surface area contributed by atoms with Gasteiger partial charge in [-0.05, 0) is 19.3 Å². The summed E-state index contributed by atoms with van der Waals surface area (Å²) in [4.78, 5) is 30.0. The summed E-state index contributed by atoms with van der Waals surface area (Å²) >= 11 is 0. The SMILES string of the molecule is O=[C]CCCCCCCC([C]=O)=C=O. The molecule has 0 rings (SSSR count). The quantitative estimate of drug-likeness (QED) is 0.319. The molecule has 0 aliphatic rings. The van der Waals surface area contributed by atoms with Gasteiger partial charge in [-0.2, -0.15) is 0 Å². The molecule has 3 heteroatoms. The minimum absolute atomic E-state index is 0.0891. The van der Waals surface area contributed by atoms with Gasteiger partial charge in [0, 0.05) is 6.42 Å². The van der Waals surface area contributed by atoms with Gasteiger partial charge in [0.15, 0.2) is 6.29 Å². The molecule has 0 aliphatic carbocycles. The molecular formula is C11H14O3. The second-order valence-corrected chi connectivity index (χ2v) is 3.09.